The van der Waals surface area contributed by atoms with E-state index in [1.807, 2.05) is 0 Å². The van der Waals surface area contributed by atoms with Crippen molar-refractivity contribution in [1.29, 1.82) is 0 Å². The number of hydrogen-bond acceptors (Lipinski definition) is 1. The molecule has 0 spiro atoms. The highest BCUT2D eigenvalue weighted by atomic mass is 16.5. The zero-order valence-corrected chi connectivity index (χ0v) is 9.76. The summed E-state index contributed by atoms with van der Waals surface area (Å²) in [5, 5.41) is 0. The molecule has 1 aromatic rings. The van der Waals surface area contributed by atoms with Gasteiger partial charge in [-0.2, -0.15) is 0 Å². The molecular formula is C14H18O. The summed E-state index contributed by atoms with van der Waals surface area (Å²) in [6.07, 6.45) is 3.57. The van der Waals surface area contributed by atoms with Crippen LogP contribution in [0.5, 0.6) is 5.75 Å². The molecule has 1 aliphatic rings. The molecule has 0 radical (unpaired) electrons. The minimum Gasteiger partial charge on any atom is -0.497 e. The summed E-state index contributed by atoms with van der Waals surface area (Å²) >= 11 is 0. The lowest BCUT2D eigenvalue weighted by molar-refractivity contribution is 0.414. The lowest BCUT2D eigenvalue weighted by atomic mass is 9.85. The number of rotatable bonds is 2. The van der Waals surface area contributed by atoms with Crippen LogP contribution in [0.2, 0.25) is 0 Å². The summed E-state index contributed by atoms with van der Waals surface area (Å²) in [4.78, 5) is 0. The fraction of sp³-hybridized carbons (Fsp3) is 0.429. The van der Waals surface area contributed by atoms with Gasteiger partial charge in [-0.15, -0.1) is 0 Å². The highest BCUT2D eigenvalue weighted by molar-refractivity contribution is 5.72. The molecule has 0 aliphatic heterocycles. The van der Waals surface area contributed by atoms with Crippen LogP contribution in [0.4, 0.5) is 0 Å². The lowest BCUT2D eigenvalue weighted by Crippen LogP contribution is -2.03. The number of fused-ring (bicyclic) bond motifs is 1. The summed E-state index contributed by atoms with van der Waals surface area (Å²) in [6, 6.07) is 6.42. The van der Waals surface area contributed by atoms with Crippen molar-refractivity contribution in [2.24, 2.45) is 0 Å². The van der Waals surface area contributed by atoms with Crippen molar-refractivity contribution in [3.63, 3.8) is 0 Å². The Morgan fingerprint density at radius 1 is 1.27 bits per heavy atom. The third kappa shape index (κ3) is 1.79. The van der Waals surface area contributed by atoms with Crippen LogP contribution < -0.4 is 4.74 Å². The number of ether oxygens (including phenoxy) is 1. The Hall–Kier alpha value is -1.24. The predicted octanol–water partition coefficient (Wildman–Crippen LogP) is 3.82. The molecule has 0 aromatic heterocycles. The Labute approximate surface area is 91.8 Å². The van der Waals surface area contributed by atoms with E-state index in [0.29, 0.717) is 0 Å². The molecule has 0 unspecified atom stereocenters. The number of allylic oxidation sites excluding steroid dienone is 2. The van der Waals surface area contributed by atoms with Crippen LogP contribution in [0.3, 0.4) is 0 Å². The molecule has 0 heterocycles. The maximum atomic E-state index is 5.27. The van der Waals surface area contributed by atoms with Crippen molar-refractivity contribution in [3.8, 4) is 5.75 Å². The van der Waals surface area contributed by atoms with Crippen molar-refractivity contribution in [2.75, 3.05) is 7.11 Å². The minimum atomic E-state index is 0.963. The van der Waals surface area contributed by atoms with Gasteiger partial charge in [-0.25, -0.2) is 0 Å². The molecule has 1 aliphatic carbocycles. The van der Waals surface area contributed by atoms with Crippen molar-refractivity contribution < 1.29 is 4.74 Å². The van der Waals surface area contributed by atoms with Gasteiger partial charge in [-0.3, -0.25) is 0 Å². The molecular weight excluding hydrogens is 184 g/mol. The minimum absolute atomic E-state index is 0.963. The van der Waals surface area contributed by atoms with E-state index < -0.39 is 0 Å². The van der Waals surface area contributed by atoms with Crippen molar-refractivity contribution in [1.82, 2.24) is 0 Å². The standard InChI is InChI=1S/C14H18O/c1-4-11-5-6-12-7-8-13(15-3)9-14(12)10(11)2/h7-9H,4-6H2,1-3H3. The Morgan fingerprint density at radius 3 is 2.73 bits per heavy atom. The van der Waals surface area contributed by atoms with Crippen LogP contribution in [-0.2, 0) is 6.42 Å². The van der Waals surface area contributed by atoms with Crippen LogP contribution in [0.25, 0.3) is 5.57 Å². The van der Waals surface area contributed by atoms with Crippen LogP contribution in [0.1, 0.15) is 37.8 Å². The molecule has 1 heteroatoms. The molecule has 0 N–H and O–H groups in total. The number of aryl methyl sites for hydroxylation is 1. The second-order valence-electron chi connectivity index (χ2n) is 4.11. The van der Waals surface area contributed by atoms with E-state index in [2.05, 4.69) is 32.0 Å². The van der Waals surface area contributed by atoms with E-state index in [1.54, 1.807) is 12.7 Å². The highest BCUT2D eigenvalue weighted by Crippen LogP contribution is 2.34. The van der Waals surface area contributed by atoms with Crippen molar-refractivity contribution in [3.05, 3.63) is 34.9 Å². The third-order valence-corrected chi connectivity index (χ3v) is 3.37. The number of benzene rings is 1. The summed E-state index contributed by atoms with van der Waals surface area (Å²) in [6.45, 7) is 4.47. The molecule has 0 amide bonds. The first-order chi connectivity index (χ1) is 7.26. The first-order valence-electron chi connectivity index (χ1n) is 5.62. The quantitative estimate of drug-likeness (QED) is 0.708. The molecule has 0 atom stereocenters. The molecule has 0 bridgehead atoms. The second kappa shape index (κ2) is 4.09. The molecule has 15 heavy (non-hydrogen) atoms. The van der Waals surface area contributed by atoms with Crippen molar-refractivity contribution >= 4 is 5.57 Å². The molecule has 0 fully saturated rings. The summed E-state index contributed by atoms with van der Waals surface area (Å²) in [5.74, 6) is 0.963. The smallest absolute Gasteiger partial charge is 0.119 e. The molecule has 1 nitrogen and oxygen atoms in total. The zero-order valence-electron chi connectivity index (χ0n) is 9.76. The third-order valence-electron chi connectivity index (χ3n) is 3.37. The van der Waals surface area contributed by atoms with E-state index >= 15 is 0 Å². The van der Waals surface area contributed by atoms with Gasteiger partial charge in [0.15, 0.2) is 0 Å². The second-order valence-corrected chi connectivity index (χ2v) is 4.11. The summed E-state index contributed by atoms with van der Waals surface area (Å²) in [7, 11) is 1.73. The Kier molecular flexibility index (Phi) is 2.81. The van der Waals surface area contributed by atoms with Gasteiger partial charge in [0.25, 0.3) is 0 Å². The topological polar surface area (TPSA) is 9.23 Å². The van der Waals surface area contributed by atoms with Gasteiger partial charge < -0.3 is 4.74 Å². The SMILES string of the molecule is CCC1=C(C)c2cc(OC)ccc2CC1. The number of methoxy groups -OCH3 is 1. The Bertz CT molecular complexity index is 402. The Balaban J connectivity index is 2.50. The first kappa shape index (κ1) is 10.3. The normalized spacial score (nSPS) is 15.1. The van der Waals surface area contributed by atoms with Crippen LogP contribution in [0.15, 0.2) is 23.8 Å². The molecule has 1 aromatic carbocycles. The largest absolute Gasteiger partial charge is 0.497 e. The average Bonchev–Trinajstić information content (AvgIpc) is 2.29. The summed E-state index contributed by atoms with van der Waals surface area (Å²) in [5.41, 5.74) is 5.90. The van der Waals surface area contributed by atoms with Gasteiger partial charge >= 0.3 is 0 Å². The van der Waals surface area contributed by atoms with E-state index in [1.165, 1.54) is 36.0 Å². The maximum absolute atomic E-state index is 5.27. The van der Waals surface area contributed by atoms with Gasteiger partial charge in [0.1, 0.15) is 5.75 Å². The lowest BCUT2D eigenvalue weighted by Gasteiger charge is -2.21. The first-order valence-corrected chi connectivity index (χ1v) is 5.62. The summed E-state index contributed by atoms with van der Waals surface area (Å²) < 4.78 is 5.27. The number of hydrogen-bond donors (Lipinski definition) is 0. The van der Waals surface area contributed by atoms with E-state index in [9.17, 15) is 0 Å². The van der Waals surface area contributed by atoms with Gasteiger partial charge in [0, 0.05) is 0 Å². The predicted molar refractivity (Wildman–Crippen MR) is 64.2 cm³/mol. The van der Waals surface area contributed by atoms with E-state index in [4.69, 9.17) is 4.74 Å². The fourth-order valence-corrected chi connectivity index (χ4v) is 2.36. The van der Waals surface area contributed by atoms with Crippen LogP contribution >= 0.6 is 0 Å². The Morgan fingerprint density at radius 2 is 2.07 bits per heavy atom. The maximum Gasteiger partial charge on any atom is 0.119 e. The van der Waals surface area contributed by atoms with Crippen molar-refractivity contribution in [2.45, 2.75) is 33.1 Å². The zero-order chi connectivity index (χ0) is 10.8. The molecule has 0 saturated heterocycles. The van der Waals surface area contributed by atoms with Crippen LogP contribution in [0, 0.1) is 0 Å². The molecule has 80 valence electrons. The van der Waals surface area contributed by atoms with Gasteiger partial charge in [0.05, 0.1) is 7.11 Å². The highest BCUT2D eigenvalue weighted by Gasteiger charge is 2.15. The van der Waals surface area contributed by atoms with E-state index in [0.717, 1.165) is 5.75 Å². The average molecular weight is 202 g/mol. The van der Waals surface area contributed by atoms with Gasteiger partial charge in [-0.1, -0.05) is 18.6 Å². The molecule has 2 rings (SSSR count). The van der Waals surface area contributed by atoms with Gasteiger partial charge in [-0.05, 0) is 55.0 Å². The van der Waals surface area contributed by atoms with Gasteiger partial charge in [0.2, 0.25) is 0 Å². The van der Waals surface area contributed by atoms with Crippen LogP contribution in [-0.4, -0.2) is 7.11 Å². The fourth-order valence-electron chi connectivity index (χ4n) is 2.36. The monoisotopic (exact) mass is 202 g/mol. The van der Waals surface area contributed by atoms with E-state index in [-0.39, 0.29) is 0 Å². The molecule has 0 saturated carbocycles.